The monoisotopic (exact) mass is 353 g/mol. The van der Waals surface area contributed by atoms with E-state index in [1.165, 1.54) is 26.2 Å². The maximum Gasteiger partial charge on any atom is 0.261 e. The van der Waals surface area contributed by atoms with Gasteiger partial charge in [0.1, 0.15) is 0 Å². The number of rotatable bonds is 5. The Labute approximate surface area is 134 Å². The van der Waals surface area contributed by atoms with Crippen molar-refractivity contribution in [2.75, 3.05) is 13.7 Å². The first-order valence-corrected chi connectivity index (χ1v) is 8.73. The molecule has 8 heteroatoms. The van der Waals surface area contributed by atoms with Crippen LogP contribution in [0, 0.1) is 6.92 Å². The van der Waals surface area contributed by atoms with Crippen molar-refractivity contribution in [3.8, 4) is 0 Å². The highest BCUT2D eigenvalue weighted by Crippen LogP contribution is 2.28. The Morgan fingerprint density at radius 2 is 1.95 bits per heavy atom. The van der Waals surface area contributed by atoms with E-state index in [9.17, 15) is 13.2 Å². The zero-order chi connectivity index (χ0) is 16.4. The van der Waals surface area contributed by atoms with Crippen molar-refractivity contribution >= 4 is 37.2 Å². The fraction of sp³-hybridized carbons (Fsp3) is 0.462. The summed E-state index contributed by atoms with van der Waals surface area (Å²) in [6, 6.07) is 2.61. The van der Waals surface area contributed by atoms with Gasteiger partial charge in [0.2, 0.25) is 0 Å². The maximum atomic E-state index is 12.2. The molecule has 0 aliphatic rings. The summed E-state index contributed by atoms with van der Waals surface area (Å²) in [7, 11) is 2.90. The maximum absolute atomic E-state index is 12.2. The number of carbonyl (C=O) groups excluding carboxylic acids is 1. The first-order chi connectivity index (χ1) is 9.48. The van der Waals surface area contributed by atoms with E-state index in [0.29, 0.717) is 12.2 Å². The molecule has 0 aliphatic carbocycles. The van der Waals surface area contributed by atoms with E-state index in [0.717, 1.165) is 0 Å². The summed E-state index contributed by atoms with van der Waals surface area (Å²) in [4.78, 5) is 12.0. The SMILES string of the molecule is COCC(C)(C)NC(=O)c1cc(Cl)c(C)c(S(=O)(=O)Cl)c1. The summed E-state index contributed by atoms with van der Waals surface area (Å²) in [6.07, 6.45) is 0. The van der Waals surface area contributed by atoms with Gasteiger partial charge in [0.25, 0.3) is 15.0 Å². The molecule has 5 nitrogen and oxygen atoms in total. The van der Waals surface area contributed by atoms with E-state index in [2.05, 4.69) is 5.32 Å². The van der Waals surface area contributed by atoms with Gasteiger partial charge in [-0.2, -0.15) is 0 Å². The lowest BCUT2D eigenvalue weighted by Gasteiger charge is -2.25. The van der Waals surface area contributed by atoms with Gasteiger partial charge in [-0.05, 0) is 38.5 Å². The Morgan fingerprint density at radius 3 is 2.43 bits per heavy atom. The van der Waals surface area contributed by atoms with Crippen LogP contribution in [0.2, 0.25) is 5.02 Å². The highest BCUT2D eigenvalue weighted by atomic mass is 35.7. The van der Waals surface area contributed by atoms with Gasteiger partial charge in [0.15, 0.2) is 0 Å². The second-order valence-corrected chi connectivity index (χ2v) is 8.23. The molecule has 0 unspecified atom stereocenters. The number of carbonyl (C=O) groups is 1. The van der Waals surface area contributed by atoms with Crippen molar-refractivity contribution in [1.82, 2.24) is 5.32 Å². The minimum Gasteiger partial charge on any atom is -0.382 e. The third kappa shape index (κ3) is 4.85. The quantitative estimate of drug-likeness (QED) is 0.826. The number of hydrogen-bond donors (Lipinski definition) is 1. The Hall–Kier alpha value is -0.820. The molecular formula is C13H17Cl2NO4S. The van der Waals surface area contributed by atoms with Crippen LogP contribution < -0.4 is 5.32 Å². The molecule has 0 fully saturated rings. The van der Waals surface area contributed by atoms with E-state index in [4.69, 9.17) is 27.0 Å². The van der Waals surface area contributed by atoms with Gasteiger partial charge in [-0.3, -0.25) is 4.79 Å². The molecule has 21 heavy (non-hydrogen) atoms. The van der Waals surface area contributed by atoms with E-state index in [-0.39, 0.29) is 15.5 Å². The van der Waals surface area contributed by atoms with Gasteiger partial charge >= 0.3 is 0 Å². The molecule has 1 aromatic rings. The fourth-order valence-corrected chi connectivity index (χ4v) is 3.31. The van der Waals surface area contributed by atoms with Crippen LogP contribution in [0.15, 0.2) is 17.0 Å². The van der Waals surface area contributed by atoms with Crippen LogP contribution in [0.1, 0.15) is 29.8 Å². The number of hydrogen-bond acceptors (Lipinski definition) is 4. The Morgan fingerprint density at radius 1 is 1.38 bits per heavy atom. The smallest absolute Gasteiger partial charge is 0.261 e. The normalized spacial score (nSPS) is 12.3. The molecule has 1 amide bonds. The first kappa shape index (κ1) is 18.2. The number of halogens is 2. The Bertz CT molecular complexity index is 656. The molecule has 0 atom stereocenters. The van der Waals surface area contributed by atoms with Crippen LogP contribution in [-0.2, 0) is 13.8 Å². The molecule has 0 heterocycles. The molecule has 0 bridgehead atoms. The zero-order valence-corrected chi connectivity index (χ0v) is 14.5. The molecule has 1 rings (SSSR count). The van der Waals surface area contributed by atoms with Crippen LogP contribution in [-0.4, -0.2) is 33.6 Å². The molecule has 0 radical (unpaired) electrons. The van der Waals surface area contributed by atoms with Crippen molar-refractivity contribution in [3.63, 3.8) is 0 Å². The fourth-order valence-electron chi connectivity index (χ4n) is 1.81. The Balaban J connectivity index is 3.21. The third-order valence-corrected chi connectivity index (χ3v) is 4.62. The molecule has 0 saturated carbocycles. The number of amides is 1. The molecule has 1 aromatic carbocycles. The highest BCUT2D eigenvalue weighted by Gasteiger charge is 2.24. The standard InChI is InChI=1S/C13H17Cl2NO4S/c1-8-10(14)5-9(6-11(8)21(15,18)19)12(17)16-13(2,3)7-20-4/h5-6H,7H2,1-4H3,(H,16,17). The predicted octanol–water partition coefficient (Wildman–Crippen LogP) is 2.73. The number of methoxy groups -OCH3 is 1. The molecule has 0 aliphatic heterocycles. The van der Waals surface area contributed by atoms with Gasteiger partial charge in [-0.15, -0.1) is 0 Å². The summed E-state index contributed by atoms with van der Waals surface area (Å²) >= 11 is 5.97. The summed E-state index contributed by atoms with van der Waals surface area (Å²) in [5.41, 5.74) is -0.184. The van der Waals surface area contributed by atoms with E-state index >= 15 is 0 Å². The van der Waals surface area contributed by atoms with Crippen LogP contribution in [0.3, 0.4) is 0 Å². The van der Waals surface area contributed by atoms with Gasteiger partial charge in [-0.1, -0.05) is 11.6 Å². The topological polar surface area (TPSA) is 72.5 Å². The van der Waals surface area contributed by atoms with Gasteiger partial charge in [0, 0.05) is 28.4 Å². The van der Waals surface area contributed by atoms with Gasteiger partial charge in [0.05, 0.1) is 17.0 Å². The third-order valence-electron chi connectivity index (χ3n) is 2.78. The molecule has 118 valence electrons. The van der Waals surface area contributed by atoms with E-state index < -0.39 is 20.5 Å². The predicted molar refractivity (Wildman–Crippen MR) is 82.6 cm³/mol. The van der Waals surface area contributed by atoms with Crippen molar-refractivity contribution in [2.24, 2.45) is 0 Å². The zero-order valence-electron chi connectivity index (χ0n) is 12.2. The minimum absolute atomic E-state index is 0.119. The molecule has 1 N–H and O–H groups in total. The number of benzene rings is 1. The van der Waals surface area contributed by atoms with Crippen molar-refractivity contribution in [1.29, 1.82) is 0 Å². The van der Waals surface area contributed by atoms with E-state index in [1.54, 1.807) is 13.8 Å². The van der Waals surface area contributed by atoms with Gasteiger partial charge in [-0.25, -0.2) is 8.42 Å². The summed E-state index contributed by atoms with van der Waals surface area (Å²) in [5, 5.41) is 2.90. The minimum atomic E-state index is -3.98. The second-order valence-electron chi connectivity index (χ2n) is 5.29. The highest BCUT2D eigenvalue weighted by molar-refractivity contribution is 8.13. The summed E-state index contributed by atoms with van der Waals surface area (Å²) < 4.78 is 28.1. The van der Waals surface area contributed by atoms with E-state index in [1.807, 2.05) is 0 Å². The van der Waals surface area contributed by atoms with Crippen molar-refractivity contribution in [2.45, 2.75) is 31.2 Å². The molecule has 0 aromatic heterocycles. The molecular weight excluding hydrogens is 337 g/mol. The number of ether oxygens (including phenoxy) is 1. The lowest BCUT2D eigenvalue weighted by molar-refractivity contribution is 0.0820. The number of nitrogens with one attached hydrogen (secondary N) is 1. The van der Waals surface area contributed by atoms with Crippen LogP contribution in [0.4, 0.5) is 0 Å². The van der Waals surface area contributed by atoms with Crippen molar-refractivity contribution in [3.05, 3.63) is 28.3 Å². The average Bonchev–Trinajstić information content (AvgIpc) is 2.29. The second kappa shape index (κ2) is 6.52. The van der Waals surface area contributed by atoms with Crippen LogP contribution in [0.25, 0.3) is 0 Å². The first-order valence-electron chi connectivity index (χ1n) is 6.04. The molecule has 0 saturated heterocycles. The van der Waals surface area contributed by atoms with Crippen LogP contribution in [0.5, 0.6) is 0 Å². The lowest BCUT2D eigenvalue weighted by atomic mass is 10.1. The largest absolute Gasteiger partial charge is 0.382 e. The summed E-state index contributed by atoms with van der Waals surface area (Å²) in [5.74, 6) is -0.458. The van der Waals surface area contributed by atoms with Crippen LogP contribution >= 0.6 is 22.3 Å². The Kier molecular flexibility index (Phi) is 5.66. The van der Waals surface area contributed by atoms with Crippen molar-refractivity contribution < 1.29 is 17.9 Å². The summed E-state index contributed by atoms with van der Waals surface area (Å²) in [6.45, 7) is 5.39. The average molecular weight is 354 g/mol. The lowest BCUT2D eigenvalue weighted by Crippen LogP contribution is -2.46. The molecule has 0 spiro atoms. The van der Waals surface area contributed by atoms with Gasteiger partial charge < -0.3 is 10.1 Å².